The van der Waals surface area contributed by atoms with Crippen LogP contribution in [-0.2, 0) is 4.79 Å². The Balaban J connectivity index is 3.91. The predicted molar refractivity (Wildman–Crippen MR) is 43.9 cm³/mol. The molecule has 5 heteroatoms. The van der Waals surface area contributed by atoms with E-state index in [1.165, 1.54) is 11.9 Å². The van der Waals surface area contributed by atoms with Crippen molar-refractivity contribution in [2.24, 2.45) is 5.92 Å². The second-order valence-electron chi connectivity index (χ2n) is 2.67. The number of aliphatic carboxylic acids is 1. The van der Waals surface area contributed by atoms with Crippen molar-refractivity contribution in [1.82, 2.24) is 10.2 Å². The molecule has 0 saturated heterocycles. The molecule has 0 aliphatic heterocycles. The van der Waals surface area contributed by atoms with Crippen molar-refractivity contribution in [3.8, 4) is 0 Å². The molecular formula is C7H14N2O3. The van der Waals surface area contributed by atoms with Crippen molar-refractivity contribution in [3.05, 3.63) is 0 Å². The van der Waals surface area contributed by atoms with E-state index in [9.17, 15) is 9.59 Å². The highest BCUT2D eigenvalue weighted by Crippen LogP contribution is 1.97. The van der Waals surface area contributed by atoms with Gasteiger partial charge in [0.05, 0.1) is 5.92 Å². The van der Waals surface area contributed by atoms with Crippen LogP contribution in [0.5, 0.6) is 0 Å². The molecule has 70 valence electrons. The zero-order valence-electron chi connectivity index (χ0n) is 7.50. The van der Waals surface area contributed by atoms with E-state index in [-0.39, 0.29) is 12.6 Å². The summed E-state index contributed by atoms with van der Waals surface area (Å²) in [6.07, 6.45) is 0. The Labute approximate surface area is 71.4 Å². The first-order valence-corrected chi connectivity index (χ1v) is 3.64. The Morgan fingerprint density at radius 1 is 1.58 bits per heavy atom. The van der Waals surface area contributed by atoms with Gasteiger partial charge in [-0.05, 0) is 0 Å². The quantitative estimate of drug-likeness (QED) is 0.631. The van der Waals surface area contributed by atoms with Gasteiger partial charge in [0.1, 0.15) is 0 Å². The number of amides is 2. The number of carbonyl (C=O) groups is 2. The summed E-state index contributed by atoms with van der Waals surface area (Å²) in [6.45, 7) is 1.77. The zero-order chi connectivity index (χ0) is 9.72. The predicted octanol–water partition coefficient (Wildman–Crippen LogP) is -0.0217. The lowest BCUT2D eigenvalue weighted by Crippen LogP contribution is -2.39. The number of carboxylic acid groups (broad SMARTS) is 1. The first kappa shape index (κ1) is 10.7. The molecule has 0 aromatic heterocycles. The van der Waals surface area contributed by atoms with Crippen molar-refractivity contribution in [2.45, 2.75) is 6.92 Å². The molecule has 0 radical (unpaired) electrons. The summed E-state index contributed by atoms with van der Waals surface area (Å²) in [4.78, 5) is 22.6. The summed E-state index contributed by atoms with van der Waals surface area (Å²) in [5, 5.41) is 10.9. The van der Waals surface area contributed by atoms with Crippen molar-refractivity contribution in [1.29, 1.82) is 0 Å². The monoisotopic (exact) mass is 174 g/mol. The van der Waals surface area contributed by atoms with E-state index in [2.05, 4.69) is 5.32 Å². The standard InChI is InChI=1S/C7H14N2O3/c1-5(6(10)11)4-9(3)7(12)8-2/h5H,4H2,1-3H3,(H,8,12)(H,10,11). The van der Waals surface area contributed by atoms with Crippen LogP contribution in [0.4, 0.5) is 4.79 Å². The van der Waals surface area contributed by atoms with E-state index in [4.69, 9.17) is 5.11 Å². The molecule has 5 nitrogen and oxygen atoms in total. The molecule has 1 atom stereocenters. The average Bonchev–Trinajstić information content (AvgIpc) is 2.02. The maximum absolute atomic E-state index is 10.9. The summed E-state index contributed by atoms with van der Waals surface area (Å²) in [6, 6.07) is -0.275. The van der Waals surface area contributed by atoms with Crippen LogP contribution >= 0.6 is 0 Å². The lowest BCUT2D eigenvalue weighted by molar-refractivity contribution is -0.141. The van der Waals surface area contributed by atoms with E-state index in [1.54, 1.807) is 14.0 Å². The maximum atomic E-state index is 10.9. The van der Waals surface area contributed by atoms with E-state index in [0.29, 0.717) is 0 Å². The minimum absolute atomic E-state index is 0.217. The number of nitrogens with zero attached hydrogens (tertiary/aromatic N) is 1. The van der Waals surface area contributed by atoms with Crippen LogP contribution in [0.3, 0.4) is 0 Å². The van der Waals surface area contributed by atoms with Gasteiger partial charge in [-0.15, -0.1) is 0 Å². The molecule has 0 rings (SSSR count). The van der Waals surface area contributed by atoms with Gasteiger partial charge in [-0.3, -0.25) is 4.79 Å². The minimum atomic E-state index is -0.897. The SMILES string of the molecule is CNC(=O)N(C)CC(C)C(=O)O. The Kier molecular flexibility index (Phi) is 4.10. The topological polar surface area (TPSA) is 69.6 Å². The molecule has 1 unspecified atom stereocenters. The third-order valence-corrected chi connectivity index (χ3v) is 1.53. The Hall–Kier alpha value is -1.26. The highest BCUT2D eigenvalue weighted by Gasteiger charge is 2.15. The Morgan fingerprint density at radius 3 is 2.42 bits per heavy atom. The second kappa shape index (κ2) is 4.58. The molecule has 0 aliphatic carbocycles. The van der Waals surface area contributed by atoms with Crippen LogP contribution in [0.1, 0.15) is 6.92 Å². The smallest absolute Gasteiger partial charge is 0.316 e. The molecule has 0 aliphatic rings. The van der Waals surface area contributed by atoms with Crippen molar-refractivity contribution < 1.29 is 14.7 Å². The number of carbonyl (C=O) groups excluding carboxylic acids is 1. The minimum Gasteiger partial charge on any atom is -0.481 e. The summed E-state index contributed by atoms with van der Waals surface area (Å²) < 4.78 is 0. The van der Waals surface area contributed by atoms with Crippen LogP contribution in [0.2, 0.25) is 0 Å². The van der Waals surface area contributed by atoms with Crippen LogP contribution in [0.15, 0.2) is 0 Å². The molecule has 2 N–H and O–H groups in total. The van der Waals surface area contributed by atoms with E-state index in [0.717, 1.165) is 0 Å². The largest absolute Gasteiger partial charge is 0.481 e. The number of hydrogen-bond acceptors (Lipinski definition) is 2. The third-order valence-electron chi connectivity index (χ3n) is 1.53. The van der Waals surface area contributed by atoms with Gasteiger partial charge in [-0.1, -0.05) is 6.92 Å². The molecule has 0 heterocycles. The van der Waals surface area contributed by atoms with Crippen LogP contribution in [0, 0.1) is 5.92 Å². The fraction of sp³-hybridized carbons (Fsp3) is 0.714. The van der Waals surface area contributed by atoms with E-state index >= 15 is 0 Å². The summed E-state index contributed by atoms with van der Waals surface area (Å²) in [5.74, 6) is -1.43. The molecule has 2 amide bonds. The van der Waals surface area contributed by atoms with Crippen molar-refractivity contribution in [2.75, 3.05) is 20.6 Å². The second-order valence-corrected chi connectivity index (χ2v) is 2.67. The first-order valence-electron chi connectivity index (χ1n) is 3.64. The number of urea groups is 1. The summed E-state index contributed by atoms with van der Waals surface area (Å²) in [5.41, 5.74) is 0. The van der Waals surface area contributed by atoms with Gasteiger partial charge in [0, 0.05) is 20.6 Å². The van der Waals surface area contributed by atoms with Crippen molar-refractivity contribution >= 4 is 12.0 Å². The van der Waals surface area contributed by atoms with Gasteiger partial charge in [-0.2, -0.15) is 0 Å². The number of carboxylic acids is 1. The molecule has 0 saturated carbocycles. The average molecular weight is 174 g/mol. The van der Waals surface area contributed by atoms with Gasteiger partial charge in [0.15, 0.2) is 0 Å². The Morgan fingerprint density at radius 2 is 2.08 bits per heavy atom. The number of rotatable bonds is 3. The van der Waals surface area contributed by atoms with Gasteiger partial charge < -0.3 is 15.3 Å². The molecule has 0 aromatic rings. The van der Waals surface area contributed by atoms with Crippen LogP contribution < -0.4 is 5.32 Å². The highest BCUT2D eigenvalue weighted by molar-refractivity contribution is 5.75. The molecule has 12 heavy (non-hydrogen) atoms. The summed E-state index contributed by atoms with van der Waals surface area (Å²) in [7, 11) is 3.06. The van der Waals surface area contributed by atoms with Crippen LogP contribution in [-0.4, -0.2) is 42.6 Å². The number of nitrogens with one attached hydrogen (secondary N) is 1. The maximum Gasteiger partial charge on any atom is 0.316 e. The molecule has 0 fully saturated rings. The first-order chi connectivity index (χ1) is 5.49. The fourth-order valence-electron chi connectivity index (χ4n) is 0.763. The van der Waals surface area contributed by atoms with Crippen LogP contribution in [0.25, 0.3) is 0 Å². The van der Waals surface area contributed by atoms with Gasteiger partial charge in [-0.25, -0.2) is 4.79 Å². The Bertz CT molecular complexity index is 181. The molecule has 0 bridgehead atoms. The van der Waals surface area contributed by atoms with Gasteiger partial charge >= 0.3 is 12.0 Å². The summed E-state index contributed by atoms with van der Waals surface area (Å²) >= 11 is 0. The van der Waals surface area contributed by atoms with E-state index < -0.39 is 11.9 Å². The molecular weight excluding hydrogens is 160 g/mol. The highest BCUT2D eigenvalue weighted by atomic mass is 16.4. The van der Waals surface area contributed by atoms with Gasteiger partial charge in [0.25, 0.3) is 0 Å². The fourth-order valence-corrected chi connectivity index (χ4v) is 0.763. The van der Waals surface area contributed by atoms with Crippen molar-refractivity contribution in [3.63, 3.8) is 0 Å². The number of hydrogen-bond donors (Lipinski definition) is 2. The van der Waals surface area contributed by atoms with Gasteiger partial charge in [0.2, 0.25) is 0 Å². The zero-order valence-corrected chi connectivity index (χ0v) is 7.50. The molecule has 0 spiro atoms. The lowest BCUT2D eigenvalue weighted by atomic mass is 10.2. The normalized spacial score (nSPS) is 11.9. The lowest BCUT2D eigenvalue weighted by Gasteiger charge is -2.18. The molecule has 0 aromatic carbocycles. The van der Waals surface area contributed by atoms with E-state index in [1.807, 2.05) is 0 Å². The third kappa shape index (κ3) is 3.23.